The highest BCUT2D eigenvalue weighted by Crippen LogP contribution is 2.13. The average Bonchev–Trinajstić information content (AvgIpc) is 2.78. The molecule has 0 saturated carbocycles. The SMILES string of the molecule is O=C(O)CCCCNC(=O)CCC1CCNC1. The lowest BCUT2D eigenvalue weighted by molar-refractivity contribution is -0.137. The normalized spacial score (nSPS) is 19.2. The predicted molar refractivity (Wildman–Crippen MR) is 64.7 cm³/mol. The number of carbonyl (C=O) groups excluding carboxylic acids is 1. The Kier molecular flexibility index (Phi) is 6.62. The number of aliphatic carboxylic acids is 1. The van der Waals surface area contributed by atoms with E-state index in [1.165, 1.54) is 6.42 Å². The van der Waals surface area contributed by atoms with E-state index in [0.717, 1.165) is 25.9 Å². The van der Waals surface area contributed by atoms with Crippen molar-refractivity contribution in [2.45, 2.75) is 38.5 Å². The third-order valence-corrected chi connectivity index (χ3v) is 3.08. The van der Waals surface area contributed by atoms with E-state index in [1.54, 1.807) is 0 Å². The van der Waals surface area contributed by atoms with Gasteiger partial charge in [-0.05, 0) is 44.7 Å². The molecule has 0 bridgehead atoms. The van der Waals surface area contributed by atoms with Crippen LogP contribution >= 0.6 is 0 Å². The maximum absolute atomic E-state index is 11.4. The van der Waals surface area contributed by atoms with Crippen LogP contribution < -0.4 is 10.6 Å². The van der Waals surface area contributed by atoms with Crippen LogP contribution in [0.2, 0.25) is 0 Å². The van der Waals surface area contributed by atoms with Crippen molar-refractivity contribution in [1.29, 1.82) is 0 Å². The summed E-state index contributed by atoms with van der Waals surface area (Å²) in [6.45, 7) is 2.70. The summed E-state index contributed by atoms with van der Waals surface area (Å²) in [5, 5.41) is 14.5. The van der Waals surface area contributed by atoms with Gasteiger partial charge in [0.25, 0.3) is 0 Å². The van der Waals surface area contributed by atoms with Crippen LogP contribution in [0.5, 0.6) is 0 Å². The van der Waals surface area contributed by atoms with Crippen LogP contribution in [0.25, 0.3) is 0 Å². The molecular formula is C12H22N2O3. The molecule has 3 N–H and O–H groups in total. The van der Waals surface area contributed by atoms with E-state index >= 15 is 0 Å². The van der Waals surface area contributed by atoms with Crippen molar-refractivity contribution in [2.75, 3.05) is 19.6 Å². The molecular weight excluding hydrogens is 220 g/mol. The Labute approximate surface area is 102 Å². The van der Waals surface area contributed by atoms with Gasteiger partial charge in [0, 0.05) is 19.4 Å². The fourth-order valence-electron chi connectivity index (χ4n) is 2.01. The molecule has 1 unspecified atom stereocenters. The Bertz CT molecular complexity index is 250. The van der Waals surface area contributed by atoms with Gasteiger partial charge in [0.2, 0.25) is 5.91 Å². The van der Waals surface area contributed by atoms with E-state index in [9.17, 15) is 9.59 Å². The number of carbonyl (C=O) groups is 2. The van der Waals surface area contributed by atoms with Crippen molar-refractivity contribution in [1.82, 2.24) is 10.6 Å². The first kappa shape index (κ1) is 14.0. The molecule has 1 rings (SSSR count). The van der Waals surface area contributed by atoms with Crippen LogP contribution in [0.1, 0.15) is 38.5 Å². The lowest BCUT2D eigenvalue weighted by atomic mass is 10.0. The van der Waals surface area contributed by atoms with Crippen LogP contribution in [0.4, 0.5) is 0 Å². The summed E-state index contributed by atoms with van der Waals surface area (Å²) in [6, 6.07) is 0. The average molecular weight is 242 g/mol. The summed E-state index contributed by atoms with van der Waals surface area (Å²) in [4.78, 5) is 21.7. The van der Waals surface area contributed by atoms with Crippen LogP contribution in [-0.2, 0) is 9.59 Å². The second-order valence-electron chi connectivity index (χ2n) is 4.60. The van der Waals surface area contributed by atoms with E-state index < -0.39 is 5.97 Å². The van der Waals surface area contributed by atoms with Gasteiger partial charge in [-0.3, -0.25) is 9.59 Å². The van der Waals surface area contributed by atoms with Gasteiger partial charge in [-0.15, -0.1) is 0 Å². The van der Waals surface area contributed by atoms with Gasteiger partial charge in [0.15, 0.2) is 0 Å². The zero-order chi connectivity index (χ0) is 12.5. The van der Waals surface area contributed by atoms with Gasteiger partial charge in [-0.1, -0.05) is 0 Å². The molecule has 5 nitrogen and oxygen atoms in total. The van der Waals surface area contributed by atoms with Crippen molar-refractivity contribution >= 4 is 11.9 Å². The lowest BCUT2D eigenvalue weighted by Gasteiger charge is -2.08. The number of carboxylic acid groups (broad SMARTS) is 1. The van der Waals surface area contributed by atoms with Crippen molar-refractivity contribution in [3.05, 3.63) is 0 Å². The maximum atomic E-state index is 11.4. The maximum Gasteiger partial charge on any atom is 0.303 e. The zero-order valence-corrected chi connectivity index (χ0v) is 10.2. The van der Waals surface area contributed by atoms with Crippen LogP contribution in [0, 0.1) is 5.92 Å². The van der Waals surface area contributed by atoms with Crippen LogP contribution in [0.3, 0.4) is 0 Å². The van der Waals surface area contributed by atoms with Gasteiger partial charge >= 0.3 is 5.97 Å². The molecule has 0 aromatic carbocycles. The first-order valence-corrected chi connectivity index (χ1v) is 6.37. The molecule has 1 atom stereocenters. The molecule has 0 aliphatic carbocycles. The summed E-state index contributed by atoms with van der Waals surface area (Å²) >= 11 is 0. The fraction of sp³-hybridized carbons (Fsp3) is 0.833. The third kappa shape index (κ3) is 6.94. The minimum absolute atomic E-state index is 0.0900. The molecule has 17 heavy (non-hydrogen) atoms. The summed E-state index contributed by atoms with van der Waals surface area (Å²) in [5.74, 6) is -0.0370. The number of rotatable bonds is 8. The van der Waals surface area contributed by atoms with Crippen molar-refractivity contribution < 1.29 is 14.7 Å². The predicted octanol–water partition coefficient (Wildman–Crippen LogP) is 0.747. The first-order valence-electron chi connectivity index (χ1n) is 6.37. The number of amides is 1. The van der Waals surface area contributed by atoms with Gasteiger partial charge < -0.3 is 15.7 Å². The molecule has 1 amide bonds. The number of nitrogens with one attached hydrogen (secondary N) is 2. The molecule has 0 aromatic rings. The van der Waals surface area contributed by atoms with Gasteiger partial charge in [0.1, 0.15) is 0 Å². The van der Waals surface area contributed by atoms with Gasteiger partial charge in [0.05, 0.1) is 0 Å². The van der Waals surface area contributed by atoms with Crippen molar-refractivity contribution in [3.63, 3.8) is 0 Å². The minimum atomic E-state index is -0.773. The number of unbranched alkanes of at least 4 members (excludes halogenated alkanes) is 1. The summed E-state index contributed by atoms with van der Waals surface area (Å²) in [6.07, 6.45) is 4.26. The quantitative estimate of drug-likeness (QED) is 0.549. The van der Waals surface area contributed by atoms with E-state index in [2.05, 4.69) is 10.6 Å². The molecule has 1 heterocycles. The summed E-state index contributed by atoms with van der Waals surface area (Å²) in [5.41, 5.74) is 0. The summed E-state index contributed by atoms with van der Waals surface area (Å²) < 4.78 is 0. The molecule has 1 saturated heterocycles. The summed E-state index contributed by atoms with van der Waals surface area (Å²) in [7, 11) is 0. The monoisotopic (exact) mass is 242 g/mol. The Balaban J connectivity index is 1.92. The molecule has 1 aliphatic heterocycles. The highest BCUT2D eigenvalue weighted by molar-refractivity contribution is 5.75. The smallest absolute Gasteiger partial charge is 0.303 e. The van der Waals surface area contributed by atoms with Crippen LogP contribution in [0.15, 0.2) is 0 Å². The molecule has 0 radical (unpaired) electrons. The highest BCUT2D eigenvalue weighted by atomic mass is 16.4. The molecule has 98 valence electrons. The van der Waals surface area contributed by atoms with E-state index in [0.29, 0.717) is 25.3 Å². The number of carboxylic acids is 1. The largest absolute Gasteiger partial charge is 0.481 e. The zero-order valence-electron chi connectivity index (χ0n) is 10.2. The van der Waals surface area contributed by atoms with E-state index in [1.807, 2.05) is 0 Å². The number of hydrogen-bond donors (Lipinski definition) is 3. The first-order chi connectivity index (χ1) is 8.18. The van der Waals surface area contributed by atoms with Crippen molar-refractivity contribution in [2.24, 2.45) is 5.92 Å². The minimum Gasteiger partial charge on any atom is -0.481 e. The van der Waals surface area contributed by atoms with E-state index in [4.69, 9.17) is 5.11 Å². The Hall–Kier alpha value is -1.10. The van der Waals surface area contributed by atoms with Gasteiger partial charge in [-0.2, -0.15) is 0 Å². The molecule has 0 spiro atoms. The topological polar surface area (TPSA) is 78.4 Å². The second-order valence-corrected chi connectivity index (χ2v) is 4.60. The highest BCUT2D eigenvalue weighted by Gasteiger charge is 2.15. The lowest BCUT2D eigenvalue weighted by Crippen LogP contribution is -2.25. The Morgan fingerprint density at radius 2 is 2.12 bits per heavy atom. The number of hydrogen-bond acceptors (Lipinski definition) is 3. The molecule has 1 aliphatic rings. The molecule has 1 fully saturated rings. The Morgan fingerprint density at radius 3 is 2.76 bits per heavy atom. The van der Waals surface area contributed by atoms with E-state index in [-0.39, 0.29) is 12.3 Å². The van der Waals surface area contributed by atoms with Gasteiger partial charge in [-0.25, -0.2) is 0 Å². The fourth-order valence-corrected chi connectivity index (χ4v) is 2.01. The molecule has 0 aromatic heterocycles. The standard InChI is InChI=1S/C12H22N2O3/c15-11(5-4-10-6-8-13-9-10)14-7-2-1-3-12(16)17/h10,13H,1-9H2,(H,14,15)(H,16,17). The van der Waals surface area contributed by atoms with Crippen LogP contribution in [-0.4, -0.2) is 36.6 Å². The second kappa shape index (κ2) is 8.06. The van der Waals surface area contributed by atoms with Crippen molar-refractivity contribution in [3.8, 4) is 0 Å². The Morgan fingerprint density at radius 1 is 1.29 bits per heavy atom. The third-order valence-electron chi connectivity index (χ3n) is 3.08. The molecule has 5 heteroatoms.